The lowest BCUT2D eigenvalue weighted by molar-refractivity contribution is -0.120. The molecule has 2 aromatic carbocycles. The van der Waals surface area contributed by atoms with Gasteiger partial charge in [-0.2, -0.15) is 0 Å². The van der Waals surface area contributed by atoms with Gasteiger partial charge >= 0.3 is 0 Å². The Morgan fingerprint density at radius 3 is 2.20 bits per heavy atom. The summed E-state index contributed by atoms with van der Waals surface area (Å²) in [6.45, 7) is 7.48. The van der Waals surface area contributed by atoms with E-state index in [-0.39, 0.29) is 18.4 Å². The number of amides is 2. The number of β-amino-alcohol motifs (C(OH)–C–C–N with tert-alkyl or cyclic N) is 1. The van der Waals surface area contributed by atoms with Crippen LogP contribution in [0.4, 0.5) is 5.69 Å². The van der Waals surface area contributed by atoms with Gasteiger partial charge < -0.3 is 10.0 Å². The van der Waals surface area contributed by atoms with Crippen LogP contribution in [0.15, 0.2) is 54.2 Å². The van der Waals surface area contributed by atoms with Crippen LogP contribution in [0.5, 0.6) is 0 Å². The molecular formula is C24H27N3O3. The van der Waals surface area contributed by atoms with Gasteiger partial charge in [0.2, 0.25) is 0 Å². The van der Waals surface area contributed by atoms with Crippen LogP contribution >= 0.6 is 0 Å². The van der Waals surface area contributed by atoms with E-state index in [4.69, 9.17) is 0 Å². The Balaban J connectivity index is 1.74. The van der Waals surface area contributed by atoms with Gasteiger partial charge in [-0.15, -0.1) is 0 Å². The average Bonchev–Trinajstić information content (AvgIpc) is 3.00. The maximum Gasteiger partial charge on any atom is 0.282 e. The molecule has 2 heterocycles. The first-order chi connectivity index (χ1) is 14.5. The smallest absolute Gasteiger partial charge is 0.282 e. The number of anilines is 1. The van der Waals surface area contributed by atoms with Gasteiger partial charge in [0.15, 0.2) is 0 Å². The molecule has 2 amide bonds. The van der Waals surface area contributed by atoms with Crippen molar-refractivity contribution in [2.24, 2.45) is 0 Å². The van der Waals surface area contributed by atoms with E-state index in [1.807, 2.05) is 61.2 Å². The maximum atomic E-state index is 13.5. The molecule has 2 aromatic rings. The van der Waals surface area contributed by atoms with Crippen molar-refractivity contribution < 1.29 is 14.7 Å². The molecule has 1 fully saturated rings. The normalized spacial score (nSPS) is 18.0. The summed E-state index contributed by atoms with van der Waals surface area (Å²) < 4.78 is 0. The Hall–Kier alpha value is -2.96. The monoisotopic (exact) mass is 405 g/mol. The molecule has 6 heteroatoms. The van der Waals surface area contributed by atoms with Gasteiger partial charge in [-0.1, -0.05) is 42.0 Å². The van der Waals surface area contributed by atoms with E-state index in [9.17, 15) is 14.7 Å². The van der Waals surface area contributed by atoms with Crippen molar-refractivity contribution in [2.75, 3.05) is 44.2 Å². The number of hydrogen-bond acceptors (Lipinski definition) is 5. The van der Waals surface area contributed by atoms with E-state index in [1.165, 1.54) is 4.90 Å². The molecule has 30 heavy (non-hydrogen) atoms. The molecule has 0 atom stereocenters. The predicted molar refractivity (Wildman–Crippen MR) is 117 cm³/mol. The Morgan fingerprint density at radius 1 is 0.867 bits per heavy atom. The second-order valence-electron chi connectivity index (χ2n) is 7.93. The molecule has 0 aliphatic carbocycles. The molecule has 156 valence electrons. The Labute approximate surface area is 177 Å². The van der Waals surface area contributed by atoms with Gasteiger partial charge in [-0.05, 0) is 37.1 Å². The van der Waals surface area contributed by atoms with Crippen molar-refractivity contribution in [3.05, 3.63) is 70.9 Å². The highest BCUT2D eigenvalue weighted by Gasteiger charge is 2.43. The van der Waals surface area contributed by atoms with Crippen LogP contribution < -0.4 is 4.90 Å². The van der Waals surface area contributed by atoms with Crippen molar-refractivity contribution in [3.8, 4) is 0 Å². The van der Waals surface area contributed by atoms with Gasteiger partial charge in [0.05, 0.1) is 17.9 Å². The molecule has 0 bridgehead atoms. The SMILES string of the molecule is Cc1ccc(C2=C(N3CCN(CCO)CC3)C(=O)N(c3cccc(C)c3)C2=O)cc1. The number of imide groups is 1. The first-order valence-electron chi connectivity index (χ1n) is 10.3. The van der Waals surface area contributed by atoms with E-state index in [0.717, 1.165) is 29.8 Å². The molecule has 0 radical (unpaired) electrons. The highest BCUT2D eigenvalue weighted by molar-refractivity contribution is 6.45. The van der Waals surface area contributed by atoms with E-state index in [1.54, 1.807) is 6.07 Å². The highest BCUT2D eigenvalue weighted by Crippen LogP contribution is 2.35. The number of rotatable bonds is 5. The van der Waals surface area contributed by atoms with Crippen LogP contribution in [0.3, 0.4) is 0 Å². The van der Waals surface area contributed by atoms with Crippen molar-refractivity contribution in [3.63, 3.8) is 0 Å². The van der Waals surface area contributed by atoms with Crippen molar-refractivity contribution in [1.29, 1.82) is 0 Å². The van der Waals surface area contributed by atoms with Crippen molar-refractivity contribution >= 4 is 23.1 Å². The van der Waals surface area contributed by atoms with Crippen LogP contribution in [0.1, 0.15) is 16.7 Å². The fourth-order valence-electron chi connectivity index (χ4n) is 4.13. The number of carbonyl (C=O) groups excluding carboxylic acids is 2. The third-order valence-electron chi connectivity index (χ3n) is 5.76. The van der Waals surface area contributed by atoms with Gasteiger partial charge in [0, 0.05) is 32.7 Å². The fraction of sp³-hybridized carbons (Fsp3) is 0.333. The number of aliphatic hydroxyl groups excluding tert-OH is 1. The first kappa shape index (κ1) is 20.3. The van der Waals surface area contributed by atoms with Gasteiger partial charge in [-0.3, -0.25) is 14.5 Å². The summed E-state index contributed by atoms with van der Waals surface area (Å²) in [7, 11) is 0. The third kappa shape index (κ3) is 3.76. The zero-order valence-electron chi connectivity index (χ0n) is 17.5. The minimum atomic E-state index is -0.276. The lowest BCUT2D eigenvalue weighted by Gasteiger charge is -2.36. The standard InChI is InChI=1S/C24H27N3O3/c1-17-6-8-19(9-7-17)21-22(26-12-10-25(11-13-26)14-15-28)24(30)27(23(21)29)20-5-3-4-18(2)16-20/h3-9,16,28H,10-15H2,1-2H3. The van der Waals surface area contributed by atoms with Crippen LogP contribution in [0, 0.1) is 13.8 Å². The molecular weight excluding hydrogens is 378 g/mol. The maximum absolute atomic E-state index is 13.5. The second kappa shape index (κ2) is 8.42. The second-order valence-corrected chi connectivity index (χ2v) is 7.93. The molecule has 4 rings (SSSR count). The zero-order chi connectivity index (χ0) is 21.3. The van der Waals surface area contributed by atoms with Crippen molar-refractivity contribution in [2.45, 2.75) is 13.8 Å². The number of aliphatic hydroxyl groups is 1. The minimum Gasteiger partial charge on any atom is -0.395 e. The predicted octanol–water partition coefficient (Wildman–Crippen LogP) is 2.20. The highest BCUT2D eigenvalue weighted by atomic mass is 16.3. The quantitative estimate of drug-likeness (QED) is 0.773. The van der Waals surface area contributed by atoms with Crippen LogP contribution in [0.2, 0.25) is 0 Å². The molecule has 1 N–H and O–H groups in total. The Kier molecular flexibility index (Phi) is 5.70. The summed E-state index contributed by atoms with van der Waals surface area (Å²) in [6.07, 6.45) is 0. The summed E-state index contributed by atoms with van der Waals surface area (Å²) in [5, 5.41) is 9.20. The molecule has 2 aliphatic heterocycles. The summed E-state index contributed by atoms with van der Waals surface area (Å²) in [6, 6.07) is 15.2. The van der Waals surface area contributed by atoms with E-state index in [2.05, 4.69) is 4.90 Å². The topological polar surface area (TPSA) is 64.1 Å². The fourth-order valence-corrected chi connectivity index (χ4v) is 4.13. The molecule has 0 spiro atoms. The number of hydrogen-bond donors (Lipinski definition) is 1. The minimum absolute atomic E-state index is 0.121. The van der Waals surface area contributed by atoms with Crippen molar-refractivity contribution in [1.82, 2.24) is 9.80 Å². The largest absolute Gasteiger partial charge is 0.395 e. The number of piperazine rings is 1. The third-order valence-corrected chi connectivity index (χ3v) is 5.76. The van der Waals surface area contributed by atoms with Gasteiger partial charge in [0.25, 0.3) is 11.8 Å². The molecule has 0 aromatic heterocycles. The summed E-state index contributed by atoms with van der Waals surface area (Å²) in [5.74, 6) is -0.543. The molecule has 1 saturated heterocycles. The molecule has 2 aliphatic rings. The Morgan fingerprint density at radius 2 is 1.57 bits per heavy atom. The summed E-state index contributed by atoms with van der Waals surface area (Å²) in [4.78, 5) is 32.5. The number of carbonyl (C=O) groups is 2. The number of benzene rings is 2. The van der Waals surface area contributed by atoms with Crippen LogP contribution in [-0.2, 0) is 9.59 Å². The average molecular weight is 405 g/mol. The summed E-state index contributed by atoms with van der Waals surface area (Å²) in [5.41, 5.74) is 4.42. The molecule has 0 unspecified atom stereocenters. The molecule has 0 saturated carbocycles. The van der Waals surface area contributed by atoms with E-state index in [0.29, 0.717) is 36.6 Å². The van der Waals surface area contributed by atoms with E-state index >= 15 is 0 Å². The lowest BCUT2D eigenvalue weighted by atomic mass is 10.0. The van der Waals surface area contributed by atoms with Crippen LogP contribution in [0.25, 0.3) is 5.57 Å². The van der Waals surface area contributed by atoms with Gasteiger partial charge in [0.1, 0.15) is 5.70 Å². The first-order valence-corrected chi connectivity index (χ1v) is 10.3. The Bertz CT molecular complexity index is 989. The van der Waals surface area contributed by atoms with Gasteiger partial charge in [-0.25, -0.2) is 4.90 Å². The van der Waals surface area contributed by atoms with E-state index < -0.39 is 0 Å². The zero-order valence-corrected chi connectivity index (χ0v) is 17.5. The van der Waals surface area contributed by atoms with Crippen LogP contribution in [-0.4, -0.2) is 66.1 Å². The lowest BCUT2D eigenvalue weighted by Crippen LogP contribution is -2.48. The molecule has 6 nitrogen and oxygen atoms in total. The number of aryl methyl sites for hydroxylation is 2. The number of nitrogens with zero attached hydrogens (tertiary/aromatic N) is 3. The summed E-state index contributed by atoms with van der Waals surface area (Å²) >= 11 is 0.